The van der Waals surface area contributed by atoms with E-state index in [-0.39, 0.29) is 10.8 Å². The zero-order valence-electron chi connectivity index (χ0n) is 17.1. The smallest absolute Gasteiger partial charge is 0.0391 e. The minimum Gasteiger partial charge on any atom is -0.355 e. The molecular formula is C26H27NS. The topological polar surface area (TPSA) is 12.0 Å². The molecule has 28 heavy (non-hydrogen) atoms. The van der Waals surface area contributed by atoms with E-state index >= 15 is 0 Å². The first kappa shape index (κ1) is 17.8. The second-order valence-electron chi connectivity index (χ2n) is 9.46. The molecule has 1 aromatic heterocycles. The first-order valence-electron chi connectivity index (χ1n) is 10.2. The normalized spacial score (nSPS) is 17.6. The fraction of sp³-hybridized carbons (Fsp3) is 0.308. The van der Waals surface area contributed by atoms with Crippen molar-refractivity contribution in [2.75, 3.05) is 5.32 Å². The molecule has 1 nitrogen and oxygen atoms in total. The number of hydrogen-bond donors (Lipinski definition) is 1. The Morgan fingerprint density at radius 1 is 0.679 bits per heavy atom. The van der Waals surface area contributed by atoms with Crippen LogP contribution in [0.2, 0.25) is 0 Å². The van der Waals surface area contributed by atoms with Crippen LogP contribution in [0.1, 0.15) is 51.7 Å². The minimum atomic E-state index is 0.232. The second-order valence-corrected chi connectivity index (χ2v) is 10.5. The summed E-state index contributed by atoms with van der Waals surface area (Å²) in [6.07, 6.45) is 2.49. The van der Waals surface area contributed by atoms with E-state index in [0.717, 1.165) is 5.69 Å². The molecule has 0 bridgehead atoms. The van der Waals surface area contributed by atoms with Gasteiger partial charge in [-0.3, -0.25) is 0 Å². The molecule has 0 amide bonds. The van der Waals surface area contributed by atoms with E-state index in [2.05, 4.69) is 93.7 Å². The molecule has 0 saturated heterocycles. The van der Waals surface area contributed by atoms with Gasteiger partial charge in [0.05, 0.1) is 0 Å². The maximum atomic E-state index is 3.67. The van der Waals surface area contributed by atoms with Gasteiger partial charge in [0.1, 0.15) is 0 Å². The van der Waals surface area contributed by atoms with Crippen LogP contribution in [0.4, 0.5) is 11.4 Å². The molecule has 0 spiro atoms. The third-order valence-corrected chi connectivity index (χ3v) is 7.67. The van der Waals surface area contributed by atoms with Crippen molar-refractivity contribution < 1.29 is 0 Å². The summed E-state index contributed by atoms with van der Waals surface area (Å²) in [5.41, 5.74) is 5.84. The number of nitrogens with one attached hydrogen (secondary N) is 1. The summed E-state index contributed by atoms with van der Waals surface area (Å²) >= 11 is 1.87. The predicted molar refractivity (Wildman–Crippen MR) is 124 cm³/mol. The quantitative estimate of drug-likeness (QED) is 0.367. The molecule has 1 aliphatic rings. The Hall–Kier alpha value is -2.32. The molecule has 2 heteroatoms. The van der Waals surface area contributed by atoms with Gasteiger partial charge in [0.2, 0.25) is 0 Å². The highest BCUT2D eigenvalue weighted by molar-refractivity contribution is 7.25. The highest BCUT2D eigenvalue weighted by Gasteiger charge is 2.36. The fourth-order valence-electron chi connectivity index (χ4n) is 4.64. The van der Waals surface area contributed by atoms with Gasteiger partial charge in [-0.25, -0.2) is 0 Å². The Labute approximate surface area is 171 Å². The molecular weight excluding hydrogens is 358 g/mol. The zero-order chi connectivity index (χ0) is 19.5. The summed E-state index contributed by atoms with van der Waals surface area (Å²) in [6.45, 7) is 9.52. The first-order valence-corrected chi connectivity index (χ1v) is 11.0. The minimum absolute atomic E-state index is 0.232. The molecule has 0 fully saturated rings. The largest absolute Gasteiger partial charge is 0.355 e. The van der Waals surface area contributed by atoms with Gasteiger partial charge in [-0.2, -0.15) is 0 Å². The molecule has 0 atom stereocenters. The third-order valence-electron chi connectivity index (χ3n) is 6.52. The van der Waals surface area contributed by atoms with Crippen LogP contribution in [0.5, 0.6) is 0 Å². The molecule has 3 aromatic carbocycles. The van der Waals surface area contributed by atoms with Crippen LogP contribution in [-0.4, -0.2) is 0 Å². The van der Waals surface area contributed by atoms with Crippen molar-refractivity contribution in [3.05, 3.63) is 71.8 Å². The van der Waals surface area contributed by atoms with Crippen molar-refractivity contribution in [3.63, 3.8) is 0 Å². The van der Waals surface area contributed by atoms with Gasteiger partial charge in [-0.05, 0) is 71.2 Å². The number of rotatable bonds is 2. The average Bonchev–Trinajstić information content (AvgIpc) is 3.04. The SMILES string of the molecule is CC1(C)CCC(C)(C)c2cc(Nc3ccc4sc5ccccc5c4c3)ccc21. The van der Waals surface area contributed by atoms with Crippen molar-refractivity contribution in [1.29, 1.82) is 0 Å². The molecule has 1 aliphatic carbocycles. The standard InChI is InChI=1S/C26H27NS/c1-25(2)13-14-26(3,4)22-16-18(9-11-21(22)25)27-17-10-12-24-20(15-17)19-7-5-6-8-23(19)28-24/h5-12,15-16,27H,13-14H2,1-4H3. The summed E-state index contributed by atoms with van der Waals surface area (Å²) in [6, 6.07) is 22.4. The summed E-state index contributed by atoms with van der Waals surface area (Å²) in [5, 5.41) is 6.36. The second kappa shape index (κ2) is 6.09. The highest BCUT2D eigenvalue weighted by atomic mass is 32.1. The van der Waals surface area contributed by atoms with Crippen molar-refractivity contribution in [2.45, 2.75) is 51.4 Å². The van der Waals surface area contributed by atoms with E-state index in [4.69, 9.17) is 0 Å². The molecule has 0 aliphatic heterocycles. The van der Waals surface area contributed by atoms with Crippen LogP contribution in [0.15, 0.2) is 60.7 Å². The van der Waals surface area contributed by atoms with E-state index in [1.807, 2.05) is 11.3 Å². The molecule has 0 radical (unpaired) electrons. The average molecular weight is 386 g/mol. The van der Waals surface area contributed by atoms with Crippen molar-refractivity contribution in [1.82, 2.24) is 0 Å². The van der Waals surface area contributed by atoms with Gasteiger partial charge in [0.25, 0.3) is 0 Å². The van der Waals surface area contributed by atoms with E-state index in [0.29, 0.717) is 0 Å². The highest BCUT2D eigenvalue weighted by Crippen LogP contribution is 2.46. The van der Waals surface area contributed by atoms with Crippen LogP contribution in [0.25, 0.3) is 20.2 Å². The van der Waals surface area contributed by atoms with Crippen molar-refractivity contribution in [3.8, 4) is 0 Å². The zero-order valence-corrected chi connectivity index (χ0v) is 17.9. The maximum Gasteiger partial charge on any atom is 0.0391 e. The van der Waals surface area contributed by atoms with Gasteiger partial charge >= 0.3 is 0 Å². The molecule has 1 N–H and O–H groups in total. The lowest BCUT2D eigenvalue weighted by Gasteiger charge is -2.42. The Balaban J connectivity index is 1.55. The number of hydrogen-bond acceptors (Lipinski definition) is 2. The summed E-state index contributed by atoms with van der Waals surface area (Å²) in [4.78, 5) is 0. The van der Waals surface area contributed by atoms with Gasteiger partial charge in [0.15, 0.2) is 0 Å². The van der Waals surface area contributed by atoms with Crippen LogP contribution in [0, 0.1) is 0 Å². The molecule has 0 saturated carbocycles. The van der Waals surface area contributed by atoms with Crippen LogP contribution >= 0.6 is 11.3 Å². The molecule has 5 rings (SSSR count). The van der Waals surface area contributed by atoms with Crippen molar-refractivity contribution in [2.24, 2.45) is 0 Å². The first-order chi connectivity index (χ1) is 13.3. The van der Waals surface area contributed by atoms with E-state index in [1.54, 1.807) is 0 Å². The van der Waals surface area contributed by atoms with Gasteiger partial charge in [-0.1, -0.05) is 52.0 Å². The summed E-state index contributed by atoms with van der Waals surface area (Å²) in [5.74, 6) is 0. The molecule has 4 aromatic rings. The monoisotopic (exact) mass is 385 g/mol. The fourth-order valence-corrected chi connectivity index (χ4v) is 5.72. The van der Waals surface area contributed by atoms with Gasteiger partial charge < -0.3 is 5.32 Å². The van der Waals surface area contributed by atoms with Crippen LogP contribution < -0.4 is 5.32 Å². The summed E-state index contributed by atoms with van der Waals surface area (Å²) < 4.78 is 2.70. The lowest BCUT2D eigenvalue weighted by Crippen LogP contribution is -2.33. The predicted octanol–water partition coefficient (Wildman–Crippen LogP) is 8.15. The lowest BCUT2D eigenvalue weighted by atomic mass is 9.63. The lowest BCUT2D eigenvalue weighted by molar-refractivity contribution is 0.332. The third kappa shape index (κ3) is 2.82. The Morgan fingerprint density at radius 2 is 1.32 bits per heavy atom. The van der Waals surface area contributed by atoms with Crippen LogP contribution in [0.3, 0.4) is 0 Å². The Morgan fingerprint density at radius 3 is 2.14 bits per heavy atom. The Bertz CT molecular complexity index is 1200. The van der Waals surface area contributed by atoms with E-state index in [1.165, 1.54) is 49.8 Å². The molecule has 1 heterocycles. The van der Waals surface area contributed by atoms with Crippen LogP contribution in [-0.2, 0) is 10.8 Å². The van der Waals surface area contributed by atoms with E-state index in [9.17, 15) is 0 Å². The Kier molecular flexibility index (Phi) is 3.86. The number of anilines is 2. The summed E-state index contributed by atoms with van der Waals surface area (Å²) in [7, 11) is 0. The molecule has 0 unspecified atom stereocenters. The number of benzene rings is 3. The maximum absolute atomic E-state index is 3.67. The van der Waals surface area contributed by atoms with E-state index < -0.39 is 0 Å². The molecule has 142 valence electrons. The number of fused-ring (bicyclic) bond motifs is 4. The van der Waals surface area contributed by atoms with Gasteiger partial charge in [0, 0.05) is 31.5 Å². The number of thiophene rings is 1. The van der Waals surface area contributed by atoms with Gasteiger partial charge in [-0.15, -0.1) is 11.3 Å². The van der Waals surface area contributed by atoms with Crippen molar-refractivity contribution >= 4 is 42.9 Å².